The van der Waals surface area contributed by atoms with Gasteiger partial charge in [0.2, 0.25) is 5.95 Å². The number of anilines is 2. The van der Waals surface area contributed by atoms with Gasteiger partial charge < -0.3 is 15.5 Å². The minimum Gasteiger partial charge on any atom is -0.362 e. The number of amides is 1. The van der Waals surface area contributed by atoms with Crippen LogP contribution in [0.2, 0.25) is 0 Å². The van der Waals surface area contributed by atoms with E-state index in [9.17, 15) is 4.79 Å². The maximum Gasteiger partial charge on any atom is 0.273 e. The lowest BCUT2D eigenvalue weighted by Gasteiger charge is -2.29. The summed E-state index contributed by atoms with van der Waals surface area (Å²) >= 11 is 0. The molecule has 4 aromatic rings. The average molecular weight is 485 g/mol. The molecule has 186 valence electrons. The molecular formula is C27H32N8O. The molecule has 1 amide bonds. The lowest BCUT2D eigenvalue weighted by molar-refractivity contribution is 0.0937. The Balaban J connectivity index is 1.15. The van der Waals surface area contributed by atoms with Crippen LogP contribution < -0.4 is 15.5 Å². The SMILES string of the molecule is Cc1nn(-c2ccccc2)nc1C(=O)NC[C@H]1CC[C@@H](Nc2nc(N(C)C)c3ccccc3n2)CC1. The highest BCUT2D eigenvalue weighted by Crippen LogP contribution is 2.28. The van der Waals surface area contributed by atoms with Crippen LogP contribution in [0.15, 0.2) is 54.6 Å². The van der Waals surface area contributed by atoms with Gasteiger partial charge in [-0.3, -0.25) is 4.79 Å². The van der Waals surface area contributed by atoms with Crippen molar-refractivity contribution in [1.29, 1.82) is 0 Å². The Kier molecular flexibility index (Phi) is 6.79. The molecular weight excluding hydrogens is 452 g/mol. The number of benzene rings is 2. The molecule has 1 fully saturated rings. The Morgan fingerprint density at radius 3 is 2.44 bits per heavy atom. The van der Waals surface area contributed by atoms with E-state index in [1.54, 1.807) is 0 Å². The fourth-order valence-corrected chi connectivity index (χ4v) is 4.74. The molecule has 9 nitrogen and oxygen atoms in total. The van der Waals surface area contributed by atoms with E-state index in [1.165, 1.54) is 4.80 Å². The monoisotopic (exact) mass is 484 g/mol. The van der Waals surface area contributed by atoms with Crippen LogP contribution in [0.1, 0.15) is 41.9 Å². The summed E-state index contributed by atoms with van der Waals surface area (Å²) in [5, 5.41) is 16.5. The maximum absolute atomic E-state index is 12.8. The number of para-hydroxylation sites is 2. The zero-order valence-corrected chi connectivity index (χ0v) is 21.0. The van der Waals surface area contributed by atoms with Crippen LogP contribution in [0.5, 0.6) is 0 Å². The molecule has 2 aromatic carbocycles. The molecule has 0 bridgehead atoms. The van der Waals surface area contributed by atoms with Gasteiger partial charge in [-0.25, -0.2) is 4.98 Å². The summed E-state index contributed by atoms with van der Waals surface area (Å²) in [4.78, 5) is 25.8. The summed E-state index contributed by atoms with van der Waals surface area (Å²) in [6, 6.07) is 18.0. The molecule has 2 aromatic heterocycles. The van der Waals surface area contributed by atoms with Crippen molar-refractivity contribution in [2.45, 2.75) is 38.6 Å². The zero-order chi connectivity index (χ0) is 25.1. The number of hydrogen-bond acceptors (Lipinski definition) is 7. The van der Waals surface area contributed by atoms with Crippen molar-refractivity contribution < 1.29 is 4.79 Å². The van der Waals surface area contributed by atoms with Gasteiger partial charge in [-0.1, -0.05) is 30.3 Å². The van der Waals surface area contributed by atoms with Gasteiger partial charge in [0.1, 0.15) is 5.82 Å². The predicted octanol–water partition coefficient (Wildman–Crippen LogP) is 3.99. The number of rotatable bonds is 7. The summed E-state index contributed by atoms with van der Waals surface area (Å²) in [5.74, 6) is 1.85. The van der Waals surface area contributed by atoms with E-state index in [0.717, 1.165) is 48.1 Å². The molecule has 0 saturated heterocycles. The van der Waals surface area contributed by atoms with Crippen LogP contribution in [0.4, 0.5) is 11.8 Å². The minimum atomic E-state index is -0.171. The van der Waals surface area contributed by atoms with Crippen molar-refractivity contribution in [3.05, 3.63) is 66.0 Å². The lowest BCUT2D eigenvalue weighted by atomic mass is 9.86. The smallest absolute Gasteiger partial charge is 0.273 e. The number of aryl methyl sites for hydroxylation is 1. The Hall–Kier alpha value is -4.01. The van der Waals surface area contributed by atoms with Crippen molar-refractivity contribution in [3.8, 4) is 5.69 Å². The molecule has 2 N–H and O–H groups in total. The number of nitrogens with zero attached hydrogens (tertiary/aromatic N) is 6. The van der Waals surface area contributed by atoms with E-state index in [2.05, 4.69) is 26.9 Å². The van der Waals surface area contributed by atoms with Gasteiger partial charge in [0.15, 0.2) is 5.69 Å². The van der Waals surface area contributed by atoms with E-state index in [-0.39, 0.29) is 5.91 Å². The summed E-state index contributed by atoms with van der Waals surface area (Å²) < 4.78 is 0. The molecule has 0 radical (unpaired) electrons. The van der Waals surface area contributed by atoms with Crippen molar-refractivity contribution in [1.82, 2.24) is 30.3 Å². The number of carbonyl (C=O) groups is 1. The Bertz CT molecular complexity index is 1340. The number of nitrogens with one attached hydrogen (secondary N) is 2. The molecule has 36 heavy (non-hydrogen) atoms. The molecule has 0 unspecified atom stereocenters. The van der Waals surface area contributed by atoms with Crippen LogP contribution in [0.3, 0.4) is 0 Å². The zero-order valence-electron chi connectivity index (χ0n) is 21.0. The van der Waals surface area contributed by atoms with Crippen LogP contribution in [-0.4, -0.2) is 57.6 Å². The molecule has 1 saturated carbocycles. The highest BCUT2D eigenvalue weighted by atomic mass is 16.2. The topological polar surface area (TPSA) is 101 Å². The van der Waals surface area contributed by atoms with Gasteiger partial charge in [0.05, 0.1) is 16.9 Å². The first-order chi connectivity index (χ1) is 17.5. The quantitative estimate of drug-likeness (QED) is 0.409. The highest BCUT2D eigenvalue weighted by molar-refractivity contribution is 5.93. The Morgan fingerprint density at radius 2 is 1.69 bits per heavy atom. The maximum atomic E-state index is 12.8. The first kappa shape index (κ1) is 23.7. The van der Waals surface area contributed by atoms with Crippen molar-refractivity contribution in [2.24, 2.45) is 5.92 Å². The third-order valence-corrected chi connectivity index (χ3v) is 6.72. The summed E-state index contributed by atoms with van der Waals surface area (Å²) in [6.45, 7) is 2.45. The third-order valence-electron chi connectivity index (χ3n) is 6.72. The molecule has 9 heteroatoms. The highest BCUT2D eigenvalue weighted by Gasteiger charge is 2.24. The second kappa shape index (κ2) is 10.3. The molecule has 0 aliphatic heterocycles. The first-order valence-corrected chi connectivity index (χ1v) is 12.5. The van der Waals surface area contributed by atoms with E-state index in [0.29, 0.717) is 35.8 Å². The minimum absolute atomic E-state index is 0.171. The van der Waals surface area contributed by atoms with Crippen molar-refractivity contribution in [3.63, 3.8) is 0 Å². The second-order valence-corrected chi connectivity index (χ2v) is 9.61. The van der Waals surface area contributed by atoms with Gasteiger partial charge in [-0.05, 0) is 62.8 Å². The number of fused-ring (bicyclic) bond motifs is 1. The predicted molar refractivity (Wildman–Crippen MR) is 142 cm³/mol. The largest absolute Gasteiger partial charge is 0.362 e. The lowest BCUT2D eigenvalue weighted by Crippen LogP contribution is -2.34. The third kappa shape index (κ3) is 5.15. The molecule has 1 aliphatic rings. The normalized spacial score (nSPS) is 17.6. The standard InChI is InChI=1S/C27H32N8O/c1-18-24(33-35(32-18)21-9-5-4-6-10-21)26(36)28-17-19-13-15-20(16-14-19)29-27-30-23-12-8-7-11-22(23)25(31-27)34(2)3/h4-12,19-20H,13-17H2,1-3H3,(H,28,36)(H,29,30,31)/t19-,20+. The number of hydrogen-bond donors (Lipinski definition) is 2. The number of carbonyl (C=O) groups excluding carboxylic acids is 1. The van der Waals surface area contributed by atoms with E-state index < -0.39 is 0 Å². The summed E-state index contributed by atoms with van der Waals surface area (Å²) in [5.41, 5.74) is 2.77. The van der Waals surface area contributed by atoms with Crippen LogP contribution in [0.25, 0.3) is 16.6 Å². The Labute approximate surface area is 210 Å². The number of aromatic nitrogens is 5. The fourth-order valence-electron chi connectivity index (χ4n) is 4.74. The van der Waals surface area contributed by atoms with E-state index >= 15 is 0 Å². The average Bonchev–Trinajstić information content (AvgIpc) is 3.29. The van der Waals surface area contributed by atoms with Gasteiger partial charge in [-0.15, -0.1) is 5.10 Å². The Morgan fingerprint density at radius 1 is 0.972 bits per heavy atom. The first-order valence-electron chi connectivity index (χ1n) is 12.5. The molecule has 1 aliphatic carbocycles. The summed E-state index contributed by atoms with van der Waals surface area (Å²) in [6.07, 6.45) is 4.08. The molecule has 5 rings (SSSR count). The van der Waals surface area contributed by atoms with Crippen molar-refractivity contribution in [2.75, 3.05) is 30.9 Å². The van der Waals surface area contributed by atoms with E-state index in [1.807, 2.05) is 74.4 Å². The van der Waals surface area contributed by atoms with Crippen LogP contribution in [0, 0.1) is 12.8 Å². The van der Waals surface area contributed by atoms with Gasteiger partial charge in [0.25, 0.3) is 5.91 Å². The molecule has 2 heterocycles. The van der Waals surface area contributed by atoms with Crippen LogP contribution in [-0.2, 0) is 0 Å². The van der Waals surface area contributed by atoms with Gasteiger partial charge in [0, 0.05) is 32.1 Å². The fraction of sp³-hybridized carbons (Fsp3) is 0.370. The summed E-state index contributed by atoms with van der Waals surface area (Å²) in [7, 11) is 4.00. The molecule has 0 atom stereocenters. The van der Waals surface area contributed by atoms with Gasteiger partial charge in [-0.2, -0.15) is 14.9 Å². The molecule has 0 spiro atoms. The van der Waals surface area contributed by atoms with Crippen LogP contribution >= 0.6 is 0 Å². The van der Waals surface area contributed by atoms with Crippen molar-refractivity contribution >= 4 is 28.6 Å². The second-order valence-electron chi connectivity index (χ2n) is 9.61. The van der Waals surface area contributed by atoms with Gasteiger partial charge >= 0.3 is 0 Å². The van der Waals surface area contributed by atoms with E-state index in [4.69, 9.17) is 9.97 Å².